The van der Waals surface area contributed by atoms with E-state index in [1.165, 1.54) is 6.07 Å². The molecule has 4 nitrogen and oxygen atoms in total. The van der Waals surface area contributed by atoms with Gasteiger partial charge in [0.2, 0.25) is 0 Å². The van der Waals surface area contributed by atoms with Crippen molar-refractivity contribution in [3.63, 3.8) is 0 Å². The lowest BCUT2D eigenvalue weighted by molar-refractivity contribution is 0.632. The first-order valence-corrected chi connectivity index (χ1v) is 6.25. The quantitative estimate of drug-likeness (QED) is 0.758. The van der Waals surface area contributed by atoms with Crippen molar-refractivity contribution < 1.29 is 4.39 Å². The van der Waals surface area contributed by atoms with Crippen LogP contribution in [0.1, 0.15) is 0 Å². The van der Waals surface area contributed by atoms with Crippen LogP contribution in [-0.4, -0.2) is 15.2 Å². The Morgan fingerprint density at radius 1 is 1.15 bits per heavy atom. The van der Waals surface area contributed by atoms with Gasteiger partial charge in [0.1, 0.15) is 5.82 Å². The molecule has 100 valence electrons. The maximum Gasteiger partial charge on any atom is 0.153 e. The average Bonchev–Trinajstić information content (AvgIpc) is 2.85. The highest BCUT2D eigenvalue weighted by molar-refractivity contribution is 6.31. The summed E-state index contributed by atoms with van der Waals surface area (Å²) in [6.07, 6.45) is 3.29. The molecule has 0 fully saturated rings. The van der Waals surface area contributed by atoms with E-state index in [4.69, 9.17) is 17.3 Å². The maximum atomic E-state index is 14.2. The highest BCUT2D eigenvalue weighted by Crippen LogP contribution is 2.37. The zero-order chi connectivity index (χ0) is 14.1. The summed E-state index contributed by atoms with van der Waals surface area (Å²) in [5.41, 5.74) is 8.12. The highest BCUT2D eigenvalue weighted by atomic mass is 35.5. The van der Waals surface area contributed by atoms with Crippen LogP contribution in [0.2, 0.25) is 5.02 Å². The van der Waals surface area contributed by atoms with E-state index in [1.54, 1.807) is 36.7 Å². The van der Waals surface area contributed by atoms with Crippen molar-refractivity contribution in [1.82, 2.24) is 15.2 Å². The second kappa shape index (κ2) is 4.94. The SMILES string of the molecule is Nc1n[nH]c(-c2ccncc2)c1-c1cccc(Cl)c1F. The molecule has 0 spiro atoms. The smallest absolute Gasteiger partial charge is 0.153 e. The van der Waals surface area contributed by atoms with Crippen LogP contribution in [0.5, 0.6) is 0 Å². The fourth-order valence-electron chi connectivity index (χ4n) is 2.05. The molecule has 0 aliphatic rings. The number of nitrogens with two attached hydrogens (primary N) is 1. The monoisotopic (exact) mass is 288 g/mol. The molecule has 0 aliphatic carbocycles. The number of nitrogen functional groups attached to an aromatic ring is 1. The van der Waals surface area contributed by atoms with Crippen LogP contribution in [0.25, 0.3) is 22.4 Å². The van der Waals surface area contributed by atoms with E-state index in [1.807, 2.05) is 0 Å². The number of hydrogen-bond donors (Lipinski definition) is 2. The number of aromatic nitrogens is 3. The second-order valence-corrected chi connectivity index (χ2v) is 4.60. The van der Waals surface area contributed by atoms with Crippen molar-refractivity contribution in [2.75, 3.05) is 5.73 Å². The Bertz CT molecular complexity index is 755. The van der Waals surface area contributed by atoms with Gasteiger partial charge in [-0.25, -0.2) is 4.39 Å². The van der Waals surface area contributed by atoms with Gasteiger partial charge >= 0.3 is 0 Å². The Morgan fingerprint density at radius 2 is 1.90 bits per heavy atom. The summed E-state index contributed by atoms with van der Waals surface area (Å²) in [5, 5.41) is 6.83. The van der Waals surface area contributed by atoms with Crippen LogP contribution in [0, 0.1) is 5.82 Å². The van der Waals surface area contributed by atoms with Gasteiger partial charge in [-0.3, -0.25) is 10.1 Å². The molecule has 0 saturated carbocycles. The van der Waals surface area contributed by atoms with Crippen molar-refractivity contribution in [2.45, 2.75) is 0 Å². The summed E-state index contributed by atoms with van der Waals surface area (Å²) in [6, 6.07) is 8.36. The molecule has 0 unspecified atom stereocenters. The Kier molecular flexibility index (Phi) is 3.12. The minimum absolute atomic E-state index is 0.0452. The van der Waals surface area contributed by atoms with Crippen molar-refractivity contribution in [2.24, 2.45) is 0 Å². The number of pyridine rings is 1. The number of aromatic amines is 1. The number of hydrogen-bond acceptors (Lipinski definition) is 3. The molecule has 0 bridgehead atoms. The van der Waals surface area contributed by atoms with Crippen molar-refractivity contribution in [3.05, 3.63) is 53.6 Å². The summed E-state index contributed by atoms with van der Waals surface area (Å²) in [6.45, 7) is 0. The number of nitrogens with zero attached hydrogens (tertiary/aromatic N) is 2. The summed E-state index contributed by atoms with van der Waals surface area (Å²) in [5.74, 6) is -0.296. The lowest BCUT2D eigenvalue weighted by Crippen LogP contribution is -1.92. The predicted molar refractivity (Wildman–Crippen MR) is 76.6 cm³/mol. The van der Waals surface area contributed by atoms with Crippen LogP contribution < -0.4 is 5.73 Å². The van der Waals surface area contributed by atoms with Crippen LogP contribution in [-0.2, 0) is 0 Å². The Balaban J connectivity index is 2.25. The zero-order valence-electron chi connectivity index (χ0n) is 10.3. The van der Waals surface area contributed by atoms with Crippen LogP contribution in [0.3, 0.4) is 0 Å². The molecule has 3 N–H and O–H groups in total. The third-order valence-corrected chi connectivity index (χ3v) is 3.28. The summed E-state index contributed by atoms with van der Waals surface area (Å²) in [4.78, 5) is 3.95. The van der Waals surface area contributed by atoms with Gasteiger partial charge in [0.25, 0.3) is 0 Å². The van der Waals surface area contributed by atoms with E-state index in [9.17, 15) is 4.39 Å². The zero-order valence-corrected chi connectivity index (χ0v) is 11.0. The van der Waals surface area contributed by atoms with Gasteiger partial charge in [-0.15, -0.1) is 0 Å². The van der Waals surface area contributed by atoms with Gasteiger partial charge in [0, 0.05) is 23.5 Å². The molecule has 2 heterocycles. The van der Waals surface area contributed by atoms with Crippen molar-refractivity contribution >= 4 is 17.4 Å². The Labute approximate surface area is 119 Å². The lowest BCUT2D eigenvalue weighted by Gasteiger charge is -2.06. The summed E-state index contributed by atoms with van der Waals surface area (Å²) >= 11 is 5.83. The molecule has 20 heavy (non-hydrogen) atoms. The molecule has 0 amide bonds. The first-order valence-electron chi connectivity index (χ1n) is 5.87. The van der Waals surface area contributed by atoms with Gasteiger partial charge in [-0.1, -0.05) is 23.7 Å². The molecule has 0 aliphatic heterocycles. The normalized spacial score (nSPS) is 10.7. The fraction of sp³-hybridized carbons (Fsp3) is 0. The molecular weight excluding hydrogens is 279 g/mol. The number of rotatable bonds is 2. The fourth-order valence-corrected chi connectivity index (χ4v) is 2.23. The number of halogens is 2. The first-order chi connectivity index (χ1) is 9.68. The lowest BCUT2D eigenvalue weighted by atomic mass is 10.0. The predicted octanol–water partition coefficient (Wildman–Crippen LogP) is 3.51. The topological polar surface area (TPSA) is 67.6 Å². The van der Waals surface area contributed by atoms with Gasteiger partial charge in [-0.2, -0.15) is 5.10 Å². The number of anilines is 1. The van der Waals surface area contributed by atoms with Gasteiger partial charge < -0.3 is 5.73 Å². The largest absolute Gasteiger partial charge is 0.382 e. The Hall–Kier alpha value is -2.40. The highest BCUT2D eigenvalue weighted by Gasteiger charge is 2.19. The van der Waals surface area contributed by atoms with E-state index >= 15 is 0 Å². The number of nitrogens with one attached hydrogen (secondary N) is 1. The van der Waals surface area contributed by atoms with Crippen LogP contribution in [0.15, 0.2) is 42.7 Å². The molecule has 1 aromatic carbocycles. The van der Waals surface area contributed by atoms with Crippen LogP contribution in [0.4, 0.5) is 10.2 Å². The van der Waals surface area contributed by atoms with E-state index in [0.717, 1.165) is 5.56 Å². The summed E-state index contributed by atoms with van der Waals surface area (Å²) < 4.78 is 14.2. The van der Waals surface area contributed by atoms with Crippen molar-refractivity contribution in [3.8, 4) is 22.4 Å². The van der Waals surface area contributed by atoms with Gasteiger partial charge in [0.15, 0.2) is 5.82 Å². The molecule has 0 atom stereocenters. The first kappa shape index (κ1) is 12.6. The standard InChI is InChI=1S/C14H10ClFN4/c15-10-3-1-2-9(12(10)16)11-13(19-20-14(11)17)8-4-6-18-7-5-8/h1-7H,(H3,17,19,20). The molecule has 3 aromatic rings. The average molecular weight is 289 g/mol. The van der Waals surface area contributed by atoms with Crippen molar-refractivity contribution in [1.29, 1.82) is 0 Å². The second-order valence-electron chi connectivity index (χ2n) is 4.20. The molecule has 6 heteroatoms. The van der Waals surface area contributed by atoms with Crippen LogP contribution >= 0.6 is 11.6 Å². The Morgan fingerprint density at radius 3 is 2.65 bits per heavy atom. The minimum Gasteiger partial charge on any atom is -0.382 e. The van der Waals surface area contributed by atoms with E-state index < -0.39 is 5.82 Å². The van der Waals surface area contributed by atoms with Gasteiger partial charge in [-0.05, 0) is 18.2 Å². The van der Waals surface area contributed by atoms with E-state index in [2.05, 4.69) is 15.2 Å². The maximum absolute atomic E-state index is 14.2. The summed E-state index contributed by atoms with van der Waals surface area (Å²) in [7, 11) is 0. The van der Waals surface area contributed by atoms with E-state index in [0.29, 0.717) is 16.8 Å². The number of benzene rings is 1. The van der Waals surface area contributed by atoms with E-state index in [-0.39, 0.29) is 10.8 Å². The molecule has 0 radical (unpaired) electrons. The third kappa shape index (κ3) is 2.02. The molecule has 2 aromatic heterocycles. The molecule has 0 saturated heterocycles. The minimum atomic E-state index is -0.516. The molecule has 3 rings (SSSR count). The third-order valence-electron chi connectivity index (χ3n) is 2.98. The number of H-pyrrole nitrogens is 1. The van der Waals surface area contributed by atoms with Gasteiger partial charge in [0.05, 0.1) is 16.3 Å². The molecular formula is C14H10ClFN4.